The summed E-state index contributed by atoms with van der Waals surface area (Å²) >= 11 is 4.35. The van der Waals surface area contributed by atoms with Gasteiger partial charge >= 0.3 is 6.03 Å². The van der Waals surface area contributed by atoms with Crippen LogP contribution in [0.5, 0.6) is 5.75 Å². The third kappa shape index (κ3) is 5.38. The van der Waals surface area contributed by atoms with Crippen LogP contribution >= 0.6 is 12.8 Å². The number of non-ortho nitro benzene ring substituents is 1. The lowest BCUT2D eigenvalue weighted by Gasteiger charge is -2.27. The first kappa shape index (κ1) is 24.1. The number of hydrogen-bond donors (Lipinski definition) is 3. The van der Waals surface area contributed by atoms with E-state index in [2.05, 4.69) is 23.4 Å². The lowest BCUT2D eigenvalue weighted by molar-refractivity contribution is -0.384. The van der Waals surface area contributed by atoms with Crippen molar-refractivity contribution >= 4 is 41.8 Å². The van der Waals surface area contributed by atoms with E-state index in [1.165, 1.54) is 36.4 Å². The minimum Gasteiger partial charge on any atom is -0.495 e. The summed E-state index contributed by atoms with van der Waals surface area (Å²) in [7, 11) is 1.38. The van der Waals surface area contributed by atoms with Crippen LogP contribution in [0.3, 0.4) is 0 Å². The highest BCUT2D eigenvalue weighted by Gasteiger charge is 2.31. The Bertz CT molecular complexity index is 1270. The van der Waals surface area contributed by atoms with E-state index >= 15 is 0 Å². The molecule has 10 heteroatoms. The number of rotatable bonds is 7. The number of anilines is 2. The number of ether oxygens (including phenoxy) is 1. The van der Waals surface area contributed by atoms with Gasteiger partial charge in [-0.1, -0.05) is 49.2 Å². The van der Waals surface area contributed by atoms with E-state index in [-0.39, 0.29) is 17.1 Å². The number of thiol groups is 1. The van der Waals surface area contributed by atoms with Gasteiger partial charge in [0.25, 0.3) is 11.6 Å². The van der Waals surface area contributed by atoms with E-state index in [0.717, 1.165) is 23.6 Å². The Morgan fingerprint density at radius 3 is 2.49 bits per heavy atom. The van der Waals surface area contributed by atoms with Crippen molar-refractivity contribution in [1.82, 2.24) is 4.31 Å². The van der Waals surface area contributed by atoms with Crippen LogP contribution in [0.1, 0.15) is 29.2 Å². The minimum absolute atomic E-state index is 0.0802. The van der Waals surface area contributed by atoms with Crippen molar-refractivity contribution in [1.29, 1.82) is 0 Å². The number of nitro benzene ring substituents is 1. The molecule has 0 bridgehead atoms. The number of nitrogens with zero attached hydrogens (tertiary/aromatic N) is 2. The van der Waals surface area contributed by atoms with Crippen LogP contribution in [0.15, 0.2) is 66.7 Å². The molecule has 0 saturated carbocycles. The maximum Gasteiger partial charge on any atom is 0.332 e. The molecule has 3 aromatic carbocycles. The molecular weight excluding hydrogens is 468 g/mol. The van der Waals surface area contributed by atoms with Gasteiger partial charge in [-0.2, -0.15) is 0 Å². The molecule has 1 atom stereocenters. The summed E-state index contributed by atoms with van der Waals surface area (Å²) in [6, 6.07) is 16.6. The second kappa shape index (κ2) is 10.5. The summed E-state index contributed by atoms with van der Waals surface area (Å²) in [6.07, 6.45) is 3.08. The van der Waals surface area contributed by atoms with Crippen molar-refractivity contribution in [2.75, 3.05) is 17.7 Å². The van der Waals surface area contributed by atoms with E-state index < -0.39 is 22.9 Å². The van der Waals surface area contributed by atoms with Crippen LogP contribution in [-0.2, 0) is 17.6 Å². The maximum atomic E-state index is 13.4. The number of amides is 3. The summed E-state index contributed by atoms with van der Waals surface area (Å²) in [6.45, 7) is 0. The number of nitro groups is 1. The molecular formula is C25H24N4O5S. The first-order valence-electron chi connectivity index (χ1n) is 11.0. The number of methoxy groups -OCH3 is 1. The van der Waals surface area contributed by atoms with Gasteiger partial charge in [0.05, 0.1) is 17.7 Å². The van der Waals surface area contributed by atoms with E-state index in [1.807, 2.05) is 18.2 Å². The molecule has 180 valence electrons. The first-order chi connectivity index (χ1) is 16.9. The Labute approximate surface area is 207 Å². The van der Waals surface area contributed by atoms with Crippen molar-refractivity contribution < 1.29 is 19.2 Å². The van der Waals surface area contributed by atoms with Gasteiger partial charge in [-0.25, -0.2) is 4.79 Å². The molecule has 0 radical (unpaired) electrons. The second-order valence-corrected chi connectivity index (χ2v) is 8.49. The number of aryl methyl sites for hydroxylation is 2. The van der Waals surface area contributed by atoms with Crippen molar-refractivity contribution in [3.05, 3.63) is 93.5 Å². The highest BCUT2D eigenvalue weighted by Crippen LogP contribution is 2.32. The number of urea groups is 1. The van der Waals surface area contributed by atoms with Crippen molar-refractivity contribution in [2.24, 2.45) is 0 Å². The third-order valence-electron chi connectivity index (χ3n) is 5.82. The molecule has 3 amide bonds. The molecule has 0 fully saturated rings. The average molecular weight is 493 g/mol. The van der Waals surface area contributed by atoms with Gasteiger partial charge in [-0.3, -0.25) is 19.2 Å². The molecule has 3 aromatic rings. The molecule has 2 N–H and O–H groups in total. The number of hydrogen-bond acceptors (Lipinski definition) is 6. The fraction of sp³-hybridized carbons (Fsp3) is 0.200. The quantitative estimate of drug-likeness (QED) is 0.240. The molecule has 1 unspecified atom stereocenters. The zero-order valence-electron chi connectivity index (χ0n) is 18.9. The Balaban J connectivity index is 1.59. The normalized spacial score (nSPS) is 12.9. The van der Waals surface area contributed by atoms with E-state index in [0.29, 0.717) is 11.3 Å². The van der Waals surface area contributed by atoms with Crippen LogP contribution in [0.25, 0.3) is 0 Å². The van der Waals surface area contributed by atoms with Crippen LogP contribution in [0.2, 0.25) is 0 Å². The van der Waals surface area contributed by atoms with E-state index in [1.54, 1.807) is 30.3 Å². The molecule has 35 heavy (non-hydrogen) atoms. The van der Waals surface area contributed by atoms with Crippen molar-refractivity contribution in [3.8, 4) is 5.75 Å². The zero-order chi connectivity index (χ0) is 24.9. The van der Waals surface area contributed by atoms with Crippen LogP contribution in [0, 0.1) is 10.1 Å². The van der Waals surface area contributed by atoms with Gasteiger partial charge in [-0.05, 0) is 54.2 Å². The second-order valence-electron chi connectivity index (χ2n) is 8.06. The standard InChI is InChI=1S/C25H24N4O5S/c1-34-22-13-12-20(29(32)33)15-21(22)27-25(31)28(35)23(17-6-3-2-4-7-17)24(30)26-19-11-10-16-8-5-9-18(16)14-19/h2-4,6-7,10-15,23,35H,5,8-9H2,1H3,(H,26,30)(H,27,31). The molecule has 9 nitrogen and oxygen atoms in total. The highest BCUT2D eigenvalue weighted by molar-refractivity contribution is 7.78. The van der Waals surface area contributed by atoms with Gasteiger partial charge in [0.1, 0.15) is 11.8 Å². The smallest absolute Gasteiger partial charge is 0.332 e. The molecule has 0 saturated heterocycles. The Morgan fingerprint density at radius 1 is 1.03 bits per heavy atom. The number of nitrogens with one attached hydrogen (secondary N) is 2. The summed E-state index contributed by atoms with van der Waals surface area (Å²) in [5.74, 6) is -0.227. The number of benzene rings is 3. The minimum atomic E-state index is -1.09. The topological polar surface area (TPSA) is 114 Å². The van der Waals surface area contributed by atoms with Crippen LogP contribution < -0.4 is 15.4 Å². The van der Waals surface area contributed by atoms with Gasteiger partial charge in [0.15, 0.2) is 0 Å². The van der Waals surface area contributed by atoms with Gasteiger partial charge < -0.3 is 15.4 Å². The van der Waals surface area contributed by atoms with E-state index in [9.17, 15) is 19.7 Å². The zero-order valence-corrected chi connectivity index (χ0v) is 19.8. The molecule has 1 aliphatic rings. The summed E-state index contributed by atoms with van der Waals surface area (Å²) < 4.78 is 6.16. The largest absolute Gasteiger partial charge is 0.495 e. The summed E-state index contributed by atoms with van der Waals surface area (Å²) in [4.78, 5) is 37.1. The van der Waals surface area contributed by atoms with Gasteiger partial charge in [-0.15, -0.1) is 0 Å². The van der Waals surface area contributed by atoms with Gasteiger partial charge in [0.2, 0.25) is 0 Å². The molecule has 0 aliphatic heterocycles. The van der Waals surface area contributed by atoms with Crippen LogP contribution in [-0.4, -0.2) is 28.3 Å². The molecule has 0 spiro atoms. The number of fused-ring (bicyclic) bond motifs is 1. The average Bonchev–Trinajstić information content (AvgIpc) is 3.32. The number of carbonyl (C=O) groups excluding carboxylic acids is 2. The fourth-order valence-corrected chi connectivity index (χ4v) is 4.38. The predicted octanol–water partition coefficient (Wildman–Crippen LogP) is 5.15. The Morgan fingerprint density at radius 2 is 1.77 bits per heavy atom. The SMILES string of the molecule is COc1ccc([N+](=O)[O-])cc1NC(=O)N(S)C(C(=O)Nc1ccc2c(c1)CCC2)c1ccccc1. The van der Waals surface area contributed by atoms with Crippen molar-refractivity contribution in [2.45, 2.75) is 25.3 Å². The van der Waals surface area contributed by atoms with Crippen LogP contribution in [0.4, 0.5) is 21.9 Å². The molecule has 0 heterocycles. The highest BCUT2D eigenvalue weighted by atomic mass is 32.1. The maximum absolute atomic E-state index is 13.4. The van der Waals surface area contributed by atoms with E-state index in [4.69, 9.17) is 4.74 Å². The fourth-order valence-electron chi connectivity index (χ4n) is 4.10. The third-order valence-corrected chi connectivity index (χ3v) is 6.23. The lowest BCUT2D eigenvalue weighted by Crippen LogP contribution is -2.38. The van der Waals surface area contributed by atoms with Crippen molar-refractivity contribution in [3.63, 3.8) is 0 Å². The Hall–Kier alpha value is -4.05. The Kier molecular flexibility index (Phi) is 7.21. The monoisotopic (exact) mass is 492 g/mol. The number of carbonyl (C=O) groups is 2. The van der Waals surface area contributed by atoms with Gasteiger partial charge in [0, 0.05) is 17.8 Å². The summed E-state index contributed by atoms with van der Waals surface area (Å²) in [5.41, 5.74) is 3.53. The molecule has 4 rings (SSSR count). The summed E-state index contributed by atoms with van der Waals surface area (Å²) in [5, 5.41) is 16.6. The first-order valence-corrected chi connectivity index (χ1v) is 11.4. The molecule has 1 aliphatic carbocycles. The predicted molar refractivity (Wildman–Crippen MR) is 136 cm³/mol. The molecule has 0 aromatic heterocycles. The lowest BCUT2D eigenvalue weighted by atomic mass is 10.1.